The third kappa shape index (κ3) is 5.66. The molecule has 3 aliphatic heterocycles. The second kappa shape index (κ2) is 13.4. The minimum absolute atomic E-state index is 0.0680. The van der Waals surface area contributed by atoms with Gasteiger partial charge in [0.2, 0.25) is 12.3 Å². The van der Waals surface area contributed by atoms with Crippen molar-refractivity contribution in [1.82, 2.24) is 4.90 Å². The summed E-state index contributed by atoms with van der Waals surface area (Å²) in [5.74, 6) is 0.156. The molecule has 3 amide bonds. The molecule has 0 aromatic heterocycles. The van der Waals surface area contributed by atoms with E-state index in [2.05, 4.69) is 38.2 Å². The molecule has 264 valence electrons. The van der Waals surface area contributed by atoms with E-state index < -0.39 is 19.8 Å². The van der Waals surface area contributed by atoms with Gasteiger partial charge >= 0.3 is 0 Å². The number of aliphatic hydroxyl groups excluding tert-OH is 1. The molecule has 3 heterocycles. The van der Waals surface area contributed by atoms with Crippen molar-refractivity contribution < 1.29 is 29.0 Å². The normalized spacial score (nSPS) is 24.0. The van der Waals surface area contributed by atoms with E-state index in [0.717, 1.165) is 29.0 Å². The van der Waals surface area contributed by atoms with Gasteiger partial charge in [-0.05, 0) is 65.6 Å². The molecule has 0 radical (unpaired) electrons. The summed E-state index contributed by atoms with van der Waals surface area (Å²) in [7, 11) is 0.899. The Kier molecular flexibility index (Phi) is 9.11. The van der Waals surface area contributed by atoms with Gasteiger partial charge in [0.1, 0.15) is 5.75 Å². The molecule has 1 N–H and O–H groups in total. The maximum atomic E-state index is 14.7. The lowest BCUT2D eigenvalue weighted by Crippen LogP contribution is -2.52. The SMILES string of the molecule is COc1ccc([Si](C)(C)[C@@H]2[C@@H](CC(=O)N3Cc4ccccc4C[C@H]3CO)O[C@]3(C(=O)N(C)c4ccc(N(C=O)c5ccccc5)cc43)[C@H]2C)cc1. The van der Waals surface area contributed by atoms with E-state index in [4.69, 9.17) is 9.47 Å². The fraction of sp³-hybridized carbons (Fsp3) is 0.341. The summed E-state index contributed by atoms with van der Waals surface area (Å²) in [4.78, 5) is 46.6. The zero-order valence-electron chi connectivity index (χ0n) is 29.8. The van der Waals surface area contributed by atoms with Crippen LogP contribution in [0.2, 0.25) is 18.6 Å². The molecule has 9 nitrogen and oxygen atoms in total. The summed E-state index contributed by atoms with van der Waals surface area (Å²) in [5, 5.41) is 11.6. The highest BCUT2D eigenvalue weighted by Crippen LogP contribution is 2.60. The molecule has 4 aromatic rings. The summed E-state index contributed by atoms with van der Waals surface area (Å²) in [6, 6.07) is 30.8. The van der Waals surface area contributed by atoms with Crippen molar-refractivity contribution in [2.75, 3.05) is 30.6 Å². The first-order valence-electron chi connectivity index (χ1n) is 17.6. The van der Waals surface area contributed by atoms with Gasteiger partial charge < -0.3 is 24.4 Å². The van der Waals surface area contributed by atoms with Crippen LogP contribution < -0.4 is 19.7 Å². The number of carbonyl (C=O) groups is 3. The number of amides is 3. The van der Waals surface area contributed by atoms with Crippen molar-refractivity contribution in [1.29, 1.82) is 0 Å². The van der Waals surface area contributed by atoms with Crippen molar-refractivity contribution in [2.45, 2.75) is 62.7 Å². The Bertz CT molecular complexity index is 1950. The molecular formula is C41H45N3O6Si. The highest BCUT2D eigenvalue weighted by molar-refractivity contribution is 6.91. The zero-order valence-corrected chi connectivity index (χ0v) is 30.8. The highest BCUT2D eigenvalue weighted by atomic mass is 28.3. The second-order valence-corrected chi connectivity index (χ2v) is 19.3. The number of benzene rings is 4. The monoisotopic (exact) mass is 703 g/mol. The molecular weight excluding hydrogens is 659 g/mol. The smallest absolute Gasteiger partial charge is 0.264 e. The number of carbonyl (C=O) groups excluding carboxylic acids is 3. The van der Waals surface area contributed by atoms with Crippen LogP contribution in [0, 0.1) is 5.92 Å². The quantitative estimate of drug-likeness (QED) is 0.182. The molecule has 0 aliphatic carbocycles. The summed E-state index contributed by atoms with van der Waals surface area (Å²) >= 11 is 0. The molecule has 1 fully saturated rings. The number of hydrogen-bond acceptors (Lipinski definition) is 6. The van der Waals surface area contributed by atoms with Gasteiger partial charge in [0.15, 0.2) is 5.60 Å². The Morgan fingerprint density at radius 1 is 1.00 bits per heavy atom. The number of rotatable bonds is 9. The first-order chi connectivity index (χ1) is 24.5. The van der Waals surface area contributed by atoms with Crippen LogP contribution in [0.15, 0.2) is 97.1 Å². The van der Waals surface area contributed by atoms with Crippen LogP contribution in [0.25, 0.3) is 0 Å². The summed E-state index contributed by atoms with van der Waals surface area (Å²) in [6.45, 7) is 6.92. The van der Waals surface area contributed by atoms with E-state index in [9.17, 15) is 19.5 Å². The largest absolute Gasteiger partial charge is 0.497 e. The van der Waals surface area contributed by atoms with Crippen molar-refractivity contribution >= 4 is 48.5 Å². The van der Waals surface area contributed by atoms with Gasteiger partial charge in [0.25, 0.3) is 5.91 Å². The highest BCUT2D eigenvalue weighted by Gasteiger charge is 2.66. The zero-order chi connectivity index (χ0) is 36.1. The van der Waals surface area contributed by atoms with Crippen LogP contribution in [0.5, 0.6) is 5.75 Å². The van der Waals surface area contributed by atoms with Gasteiger partial charge in [-0.15, -0.1) is 0 Å². The van der Waals surface area contributed by atoms with Gasteiger partial charge in [0.05, 0.1) is 46.0 Å². The van der Waals surface area contributed by atoms with Crippen molar-refractivity contribution in [3.63, 3.8) is 0 Å². The van der Waals surface area contributed by atoms with Crippen molar-refractivity contribution in [3.05, 3.63) is 114 Å². The molecule has 4 aromatic carbocycles. The second-order valence-electron chi connectivity index (χ2n) is 14.6. The lowest BCUT2D eigenvalue weighted by molar-refractivity contribution is -0.150. The Hall–Kier alpha value is -4.77. The van der Waals surface area contributed by atoms with Gasteiger partial charge in [-0.1, -0.05) is 79.8 Å². The van der Waals surface area contributed by atoms with Gasteiger partial charge in [-0.2, -0.15) is 0 Å². The van der Waals surface area contributed by atoms with Gasteiger partial charge in [0, 0.05) is 36.4 Å². The molecule has 10 heteroatoms. The van der Waals surface area contributed by atoms with Crippen LogP contribution in [-0.2, 0) is 37.7 Å². The Morgan fingerprint density at radius 3 is 2.35 bits per heavy atom. The Labute approximate surface area is 300 Å². The third-order valence-corrected chi connectivity index (χ3v) is 16.0. The Balaban J connectivity index is 1.32. The minimum atomic E-state index is -2.51. The molecule has 3 aliphatic rings. The molecule has 1 spiro atoms. The average Bonchev–Trinajstić information content (AvgIpc) is 3.57. The predicted molar refractivity (Wildman–Crippen MR) is 200 cm³/mol. The first kappa shape index (κ1) is 34.7. The van der Waals surface area contributed by atoms with Crippen molar-refractivity contribution in [3.8, 4) is 5.75 Å². The number of likely N-dealkylation sites (N-methyl/N-ethyl adjacent to an activating group) is 1. The molecule has 51 heavy (non-hydrogen) atoms. The fourth-order valence-electron chi connectivity index (χ4n) is 8.95. The number of hydrogen-bond donors (Lipinski definition) is 1. The average molecular weight is 704 g/mol. The lowest BCUT2D eigenvalue weighted by Gasteiger charge is -2.39. The molecule has 5 atom stereocenters. The third-order valence-electron chi connectivity index (χ3n) is 11.6. The van der Waals surface area contributed by atoms with E-state index in [1.54, 1.807) is 28.9 Å². The molecule has 7 rings (SSSR count). The van der Waals surface area contributed by atoms with Gasteiger partial charge in [-0.3, -0.25) is 19.3 Å². The lowest BCUT2D eigenvalue weighted by atomic mass is 9.82. The molecule has 0 unspecified atom stereocenters. The van der Waals surface area contributed by atoms with E-state index >= 15 is 0 Å². The first-order valence-corrected chi connectivity index (χ1v) is 20.6. The molecule has 0 saturated carbocycles. The Morgan fingerprint density at radius 2 is 1.69 bits per heavy atom. The maximum absolute atomic E-state index is 14.7. The number of nitrogens with zero attached hydrogens (tertiary/aromatic N) is 3. The van der Waals surface area contributed by atoms with Crippen LogP contribution in [0.1, 0.15) is 30.0 Å². The van der Waals surface area contributed by atoms with Crippen LogP contribution in [0.4, 0.5) is 17.1 Å². The van der Waals surface area contributed by atoms with E-state index in [0.29, 0.717) is 29.9 Å². The minimum Gasteiger partial charge on any atom is -0.497 e. The number of methoxy groups -OCH3 is 1. The summed E-state index contributed by atoms with van der Waals surface area (Å²) in [5.41, 5.74) is 3.43. The number of anilines is 3. The molecule has 1 saturated heterocycles. The topological polar surface area (TPSA) is 99.6 Å². The summed E-state index contributed by atoms with van der Waals surface area (Å²) < 4.78 is 12.6. The van der Waals surface area contributed by atoms with Crippen LogP contribution >= 0.6 is 0 Å². The van der Waals surface area contributed by atoms with Gasteiger partial charge in [-0.25, -0.2) is 0 Å². The van der Waals surface area contributed by atoms with E-state index in [1.165, 1.54) is 5.19 Å². The van der Waals surface area contributed by atoms with Crippen LogP contribution in [0.3, 0.4) is 0 Å². The maximum Gasteiger partial charge on any atom is 0.264 e. The predicted octanol–water partition coefficient (Wildman–Crippen LogP) is 5.52. The number of aliphatic hydroxyl groups is 1. The van der Waals surface area contributed by atoms with Crippen molar-refractivity contribution in [2.24, 2.45) is 5.92 Å². The van der Waals surface area contributed by atoms with E-state index in [-0.39, 0.29) is 42.3 Å². The number of para-hydroxylation sites is 1. The molecule has 0 bridgehead atoms. The van der Waals surface area contributed by atoms with E-state index in [1.807, 2.05) is 78.9 Å². The number of fused-ring (bicyclic) bond motifs is 3. The summed E-state index contributed by atoms with van der Waals surface area (Å²) in [6.07, 6.45) is 0.837. The standard InChI is InChI=1S/C41H45N3O6Si/c1-27-39(51(4,5)34-18-16-33(49-3)17-19-34)37(23-38(47)43-24-29-12-10-9-11-28(29)21-32(43)25-45)50-41(27)35-22-31(15-20-36(35)42(2)40(41)48)44(26-46)30-13-7-6-8-14-30/h6-20,22,26-27,32,37,39,45H,21,23-25H2,1-5H3/t27-,32-,37+,39-,41+/m0/s1. The fourth-order valence-corrected chi connectivity index (χ4v) is 13.0. The van der Waals surface area contributed by atoms with Crippen LogP contribution in [-0.4, -0.2) is 69.2 Å². The number of ether oxygens (including phenoxy) is 2.